The van der Waals surface area contributed by atoms with Crippen molar-refractivity contribution in [3.05, 3.63) is 33.0 Å². The van der Waals surface area contributed by atoms with Crippen LogP contribution in [0.1, 0.15) is 11.3 Å². The zero-order valence-electron chi connectivity index (χ0n) is 10.7. The number of thioether (sulfide) groups is 1. The zero-order valence-corrected chi connectivity index (χ0v) is 12.4. The number of rotatable bonds is 3. The molecule has 0 fully saturated rings. The monoisotopic (exact) mass is 266 g/mol. The second kappa shape index (κ2) is 5.19. The van der Waals surface area contributed by atoms with Crippen molar-refractivity contribution in [3.8, 4) is 0 Å². The lowest BCUT2D eigenvalue weighted by Gasteiger charge is -2.11. The van der Waals surface area contributed by atoms with Crippen LogP contribution >= 0.6 is 23.1 Å². The summed E-state index contributed by atoms with van der Waals surface area (Å²) in [7, 11) is 8.35. The van der Waals surface area contributed by atoms with Crippen LogP contribution < -0.4 is 4.90 Å². The highest BCUT2D eigenvalue weighted by Crippen LogP contribution is 2.39. The van der Waals surface area contributed by atoms with Gasteiger partial charge >= 0.3 is 0 Å². The molecule has 0 N–H and O–H groups in total. The molecule has 0 spiro atoms. The van der Waals surface area contributed by atoms with Gasteiger partial charge in [0, 0.05) is 33.1 Å². The summed E-state index contributed by atoms with van der Waals surface area (Å²) < 4.78 is 0. The minimum absolute atomic E-state index is 1.06. The van der Waals surface area contributed by atoms with Gasteiger partial charge in [-0.3, -0.25) is 0 Å². The van der Waals surface area contributed by atoms with Gasteiger partial charge in [-0.05, 0) is 35.6 Å². The molecule has 0 amide bonds. The fraction of sp³-hybridized carbons (Fsp3) is 0.385. The predicted molar refractivity (Wildman–Crippen MR) is 80.6 cm³/mol. The average molecular weight is 266 g/mol. The Hall–Kier alpha value is -0.870. The molecule has 0 bridgehead atoms. The molecule has 0 radical (unpaired) electrons. The Bertz CT molecular complexity index is 456. The number of hydrogen-bond donors (Lipinski definition) is 0. The molecule has 0 aliphatic carbocycles. The zero-order chi connectivity index (χ0) is 12.4. The lowest BCUT2D eigenvalue weighted by Crippen LogP contribution is -2.06. The Morgan fingerprint density at radius 3 is 2.41 bits per heavy atom. The molecule has 0 unspecified atom stereocenters. The van der Waals surface area contributed by atoms with Gasteiger partial charge in [-0.2, -0.15) is 0 Å². The fourth-order valence-corrected chi connectivity index (χ4v) is 3.53. The molecule has 2 nitrogen and oxygen atoms in total. The second-order valence-corrected chi connectivity index (χ2v) is 6.66. The molecule has 92 valence electrons. The Morgan fingerprint density at radius 1 is 1.12 bits per heavy atom. The molecule has 17 heavy (non-hydrogen) atoms. The largest absolute Gasteiger partial charge is 0.372 e. The third kappa shape index (κ3) is 3.07. The molecule has 0 atom stereocenters. The second-order valence-electron chi connectivity index (χ2n) is 4.42. The summed E-state index contributed by atoms with van der Waals surface area (Å²) in [6.07, 6.45) is 5.65. The lowest BCUT2D eigenvalue weighted by molar-refractivity contribution is 0.550. The van der Waals surface area contributed by atoms with Crippen molar-refractivity contribution >= 4 is 34.2 Å². The van der Waals surface area contributed by atoms with E-state index in [4.69, 9.17) is 0 Å². The van der Waals surface area contributed by atoms with Crippen molar-refractivity contribution in [2.75, 3.05) is 33.1 Å². The highest BCUT2D eigenvalue weighted by molar-refractivity contribution is 8.07. The smallest absolute Gasteiger partial charge is 0.0909 e. The predicted octanol–water partition coefficient (Wildman–Crippen LogP) is 3.69. The first-order valence-electron chi connectivity index (χ1n) is 5.59. The summed E-state index contributed by atoms with van der Waals surface area (Å²) in [5.74, 6) is 0. The van der Waals surface area contributed by atoms with Gasteiger partial charge in [-0.15, -0.1) is 11.3 Å². The maximum Gasteiger partial charge on any atom is 0.0909 e. The topological polar surface area (TPSA) is 6.48 Å². The summed E-state index contributed by atoms with van der Waals surface area (Å²) in [6.45, 7) is 0. The van der Waals surface area contributed by atoms with Crippen molar-refractivity contribution in [1.29, 1.82) is 0 Å². The van der Waals surface area contributed by atoms with Crippen LogP contribution in [0.3, 0.4) is 0 Å². The van der Waals surface area contributed by atoms with E-state index in [9.17, 15) is 0 Å². The maximum absolute atomic E-state index is 2.30. The average Bonchev–Trinajstić information content (AvgIpc) is 2.87. The minimum Gasteiger partial charge on any atom is -0.372 e. The van der Waals surface area contributed by atoms with Crippen LogP contribution in [0.15, 0.2) is 28.1 Å². The van der Waals surface area contributed by atoms with Gasteiger partial charge in [0.05, 0.1) is 10.0 Å². The van der Waals surface area contributed by atoms with Gasteiger partial charge in [0.1, 0.15) is 0 Å². The highest BCUT2D eigenvalue weighted by Gasteiger charge is 2.12. The van der Waals surface area contributed by atoms with E-state index in [-0.39, 0.29) is 0 Å². The molecule has 0 saturated carbocycles. The number of thiophene rings is 1. The van der Waals surface area contributed by atoms with Crippen molar-refractivity contribution in [2.24, 2.45) is 0 Å². The van der Waals surface area contributed by atoms with E-state index in [2.05, 4.69) is 62.3 Å². The molecule has 1 aromatic rings. The van der Waals surface area contributed by atoms with Crippen LogP contribution in [-0.4, -0.2) is 33.1 Å². The Kier molecular flexibility index (Phi) is 3.84. The van der Waals surface area contributed by atoms with Crippen molar-refractivity contribution in [3.63, 3.8) is 0 Å². The van der Waals surface area contributed by atoms with Crippen molar-refractivity contribution in [2.45, 2.75) is 6.42 Å². The summed E-state index contributed by atoms with van der Waals surface area (Å²) >= 11 is 3.71. The third-order valence-electron chi connectivity index (χ3n) is 2.51. The van der Waals surface area contributed by atoms with Crippen LogP contribution in [0.5, 0.6) is 0 Å². The van der Waals surface area contributed by atoms with Crippen LogP contribution in [0, 0.1) is 0 Å². The molecule has 0 saturated heterocycles. The van der Waals surface area contributed by atoms with Crippen molar-refractivity contribution in [1.82, 2.24) is 4.90 Å². The van der Waals surface area contributed by atoms with Crippen LogP contribution in [0.2, 0.25) is 0 Å². The molecular weight excluding hydrogens is 248 g/mol. The van der Waals surface area contributed by atoms with E-state index < -0.39 is 0 Å². The van der Waals surface area contributed by atoms with Crippen LogP contribution in [-0.2, 0) is 0 Å². The van der Waals surface area contributed by atoms with E-state index in [1.807, 2.05) is 23.1 Å². The van der Waals surface area contributed by atoms with E-state index in [0.29, 0.717) is 0 Å². The molecule has 1 aliphatic rings. The normalized spacial score (nSPS) is 17.4. The first kappa shape index (κ1) is 12.6. The molecule has 4 heteroatoms. The lowest BCUT2D eigenvalue weighted by atomic mass is 10.3. The first-order valence-corrected chi connectivity index (χ1v) is 7.22. The SMILES string of the molecule is CN(C)C1=CC/C(=C/c2ccc(N(C)C)s2)S1. The number of anilines is 1. The third-order valence-corrected chi connectivity index (χ3v) is 5.00. The summed E-state index contributed by atoms with van der Waals surface area (Å²) in [5.41, 5.74) is 0. The standard InChI is InChI=1S/C13H18N2S2/c1-14(2)12-7-5-10(16-12)9-11-6-8-13(17-11)15(3)4/h5,7-9H,6H2,1-4H3/b11-9-. The van der Waals surface area contributed by atoms with Crippen LogP contribution in [0.25, 0.3) is 6.08 Å². The number of hydrogen-bond acceptors (Lipinski definition) is 4. The first-order chi connectivity index (χ1) is 8.06. The summed E-state index contributed by atoms with van der Waals surface area (Å²) in [6, 6.07) is 4.37. The van der Waals surface area contributed by atoms with E-state index in [0.717, 1.165) is 6.42 Å². The maximum atomic E-state index is 2.30. The highest BCUT2D eigenvalue weighted by atomic mass is 32.2. The quantitative estimate of drug-likeness (QED) is 0.824. The summed E-state index contributed by atoms with van der Waals surface area (Å²) in [4.78, 5) is 7.09. The van der Waals surface area contributed by atoms with Gasteiger partial charge in [-0.1, -0.05) is 11.8 Å². The minimum atomic E-state index is 1.06. The van der Waals surface area contributed by atoms with Gasteiger partial charge < -0.3 is 9.80 Å². The van der Waals surface area contributed by atoms with E-state index in [1.54, 1.807) is 0 Å². The van der Waals surface area contributed by atoms with Crippen molar-refractivity contribution < 1.29 is 0 Å². The van der Waals surface area contributed by atoms with Gasteiger partial charge in [-0.25, -0.2) is 0 Å². The molecule has 1 aromatic heterocycles. The van der Waals surface area contributed by atoms with E-state index >= 15 is 0 Å². The molecule has 2 heterocycles. The van der Waals surface area contributed by atoms with Crippen LogP contribution in [0.4, 0.5) is 5.00 Å². The Labute approximate surface area is 112 Å². The molecule has 2 rings (SSSR count). The molecule has 0 aromatic carbocycles. The van der Waals surface area contributed by atoms with Gasteiger partial charge in [0.2, 0.25) is 0 Å². The Morgan fingerprint density at radius 2 is 1.88 bits per heavy atom. The van der Waals surface area contributed by atoms with Gasteiger partial charge in [0.25, 0.3) is 0 Å². The fourth-order valence-electron chi connectivity index (χ4n) is 1.59. The number of nitrogens with zero attached hydrogens (tertiary/aromatic N) is 2. The summed E-state index contributed by atoms with van der Waals surface area (Å²) in [5, 5.41) is 2.65. The number of allylic oxidation sites excluding steroid dienone is 2. The molecule has 1 aliphatic heterocycles. The van der Waals surface area contributed by atoms with E-state index in [1.165, 1.54) is 19.8 Å². The van der Waals surface area contributed by atoms with Gasteiger partial charge in [0.15, 0.2) is 0 Å². The Balaban J connectivity index is 2.06. The molecular formula is C13H18N2S2.